The standard InChI is InChI=1S/C22H24N4O2S2/c1-22(2,19-14-29-21(25-19)26-30(28)18-6-3-7-18)20(27)24-17-10-8-15(9-11-17)16-5-4-12-23-13-16/h4-5,8-14,18H,3,6-7H2,1-2H3,(H,24,27)(H,25,26). The van der Waals surface area contributed by atoms with Gasteiger partial charge in [0.25, 0.3) is 0 Å². The largest absolute Gasteiger partial charge is 0.593 e. The Balaban J connectivity index is 1.41. The molecular weight excluding hydrogens is 416 g/mol. The number of rotatable bonds is 7. The van der Waals surface area contributed by atoms with Crippen LogP contribution in [0.25, 0.3) is 11.1 Å². The number of amides is 1. The lowest BCUT2D eigenvalue weighted by atomic mass is 9.89. The van der Waals surface area contributed by atoms with Crippen LogP contribution >= 0.6 is 11.3 Å². The molecular formula is C22H24N4O2S2. The lowest BCUT2D eigenvalue weighted by molar-refractivity contribution is -0.120. The number of nitrogens with one attached hydrogen (secondary N) is 2. The third kappa shape index (κ3) is 4.50. The normalized spacial score (nSPS) is 15.3. The van der Waals surface area contributed by atoms with E-state index in [0.29, 0.717) is 10.8 Å². The molecule has 0 aliphatic heterocycles. The smallest absolute Gasteiger partial charge is 0.236 e. The topological polar surface area (TPSA) is 90.0 Å². The second-order valence-corrected chi connectivity index (χ2v) is 10.2. The summed E-state index contributed by atoms with van der Waals surface area (Å²) in [6.07, 6.45) is 6.67. The van der Waals surface area contributed by atoms with Crippen molar-refractivity contribution in [1.29, 1.82) is 0 Å². The number of nitrogens with zero attached hydrogens (tertiary/aromatic N) is 2. The molecule has 2 N–H and O–H groups in total. The zero-order chi connectivity index (χ0) is 21.1. The van der Waals surface area contributed by atoms with Crippen LogP contribution in [0.3, 0.4) is 0 Å². The predicted molar refractivity (Wildman–Crippen MR) is 123 cm³/mol. The Morgan fingerprint density at radius 1 is 1.20 bits per heavy atom. The Bertz CT molecular complexity index is 1000. The molecule has 1 aliphatic carbocycles. The van der Waals surface area contributed by atoms with Crippen molar-refractivity contribution in [2.45, 2.75) is 43.8 Å². The number of aromatic nitrogens is 2. The summed E-state index contributed by atoms with van der Waals surface area (Å²) in [5.41, 5.74) is 2.62. The lowest BCUT2D eigenvalue weighted by Gasteiger charge is -2.26. The van der Waals surface area contributed by atoms with Gasteiger partial charge in [0, 0.05) is 23.5 Å². The molecule has 1 aromatic carbocycles. The summed E-state index contributed by atoms with van der Waals surface area (Å²) in [5, 5.41) is 5.63. The van der Waals surface area contributed by atoms with Crippen LogP contribution in [0, 0.1) is 0 Å². The maximum Gasteiger partial charge on any atom is 0.236 e. The number of anilines is 2. The van der Waals surface area contributed by atoms with Gasteiger partial charge in [0.2, 0.25) is 11.0 Å². The first-order valence-corrected chi connectivity index (χ1v) is 12.0. The molecule has 6 nitrogen and oxygen atoms in total. The number of benzene rings is 1. The molecule has 156 valence electrons. The molecule has 30 heavy (non-hydrogen) atoms. The van der Waals surface area contributed by atoms with Gasteiger partial charge < -0.3 is 9.87 Å². The molecule has 3 aromatic rings. The number of thiazole rings is 1. The summed E-state index contributed by atoms with van der Waals surface area (Å²) in [6, 6.07) is 11.6. The maximum atomic E-state index is 12.9. The Labute approximate surface area is 183 Å². The van der Waals surface area contributed by atoms with Crippen molar-refractivity contribution < 1.29 is 9.35 Å². The number of carbonyl (C=O) groups is 1. The molecule has 0 radical (unpaired) electrons. The van der Waals surface area contributed by atoms with E-state index < -0.39 is 16.8 Å². The van der Waals surface area contributed by atoms with Crippen LogP contribution in [0.5, 0.6) is 0 Å². The van der Waals surface area contributed by atoms with Crippen molar-refractivity contribution in [2.75, 3.05) is 10.0 Å². The molecule has 0 bridgehead atoms. The Morgan fingerprint density at radius 3 is 2.60 bits per heavy atom. The predicted octanol–water partition coefficient (Wildman–Crippen LogP) is 4.75. The van der Waals surface area contributed by atoms with Crippen LogP contribution in [-0.2, 0) is 21.6 Å². The van der Waals surface area contributed by atoms with Crippen LogP contribution < -0.4 is 10.0 Å². The van der Waals surface area contributed by atoms with E-state index in [9.17, 15) is 9.35 Å². The number of pyridine rings is 1. The summed E-state index contributed by atoms with van der Waals surface area (Å²) in [6.45, 7) is 3.68. The molecule has 0 saturated heterocycles. The lowest BCUT2D eigenvalue weighted by Crippen LogP contribution is -2.35. The van der Waals surface area contributed by atoms with Crippen molar-refractivity contribution in [2.24, 2.45) is 0 Å². The van der Waals surface area contributed by atoms with Gasteiger partial charge in [-0.2, -0.15) is 4.72 Å². The zero-order valence-corrected chi connectivity index (χ0v) is 18.6. The van der Waals surface area contributed by atoms with E-state index in [0.717, 1.165) is 36.1 Å². The summed E-state index contributed by atoms with van der Waals surface area (Å²) in [5.74, 6) is -0.145. The van der Waals surface area contributed by atoms with Gasteiger partial charge in [0.05, 0.1) is 22.5 Å². The molecule has 0 spiro atoms. The van der Waals surface area contributed by atoms with Crippen molar-refractivity contribution in [3.05, 3.63) is 59.9 Å². The van der Waals surface area contributed by atoms with E-state index in [-0.39, 0.29) is 11.2 Å². The zero-order valence-electron chi connectivity index (χ0n) is 16.9. The van der Waals surface area contributed by atoms with Gasteiger partial charge in [0.1, 0.15) is 5.25 Å². The first kappa shape index (κ1) is 20.8. The van der Waals surface area contributed by atoms with Gasteiger partial charge in [-0.1, -0.05) is 18.2 Å². The fourth-order valence-corrected chi connectivity index (χ4v) is 5.35. The van der Waals surface area contributed by atoms with E-state index in [1.165, 1.54) is 11.3 Å². The summed E-state index contributed by atoms with van der Waals surface area (Å²) >= 11 is 0.269. The fraction of sp³-hybridized carbons (Fsp3) is 0.318. The summed E-state index contributed by atoms with van der Waals surface area (Å²) < 4.78 is 15.2. The van der Waals surface area contributed by atoms with Crippen LogP contribution in [-0.4, -0.2) is 25.7 Å². The van der Waals surface area contributed by atoms with Crippen LogP contribution in [0.15, 0.2) is 54.2 Å². The maximum absolute atomic E-state index is 12.9. The van der Waals surface area contributed by atoms with Gasteiger partial charge >= 0.3 is 0 Å². The highest BCUT2D eigenvalue weighted by Gasteiger charge is 2.34. The minimum absolute atomic E-state index is 0.145. The first-order chi connectivity index (χ1) is 14.4. The van der Waals surface area contributed by atoms with E-state index in [1.54, 1.807) is 6.20 Å². The molecule has 1 aliphatic rings. The molecule has 1 fully saturated rings. The highest BCUT2D eigenvalue weighted by atomic mass is 32.2. The monoisotopic (exact) mass is 440 g/mol. The number of carbonyl (C=O) groups excluding carboxylic acids is 1. The molecule has 1 amide bonds. The second kappa shape index (κ2) is 8.75. The average Bonchev–Trinajstić information content (AvgIpc) is 3.17. The molecule has 1 saturated carbocycles. The van der Waals surface area contributed by atoms with Crippen molar-refractivity contribution in [3.8, 4) is 11.1 Å². The molecule has 2 aromatic heterocycles. The second-order valence-electron chi connectivity index (χ2n) is 7.89. The van der Waals surface area contributed by atoms with Crippen LogP contribution in [0.2, 0.25) is 0 Å². The molecule has 8 heteroatoms. The average molecular weight is 441 g/mol. The first-order valence-electron chi connectivity index (χ1n) is 9.88. The van der Waals surface area contributed by atoms with Crippen molar-refractivity contribution in [1.82, 2.24) is 9.97 Å². The van der Waals surface area contributed by atoms with Gasteiger partial charge in [-0.25, -0.2) is 4.98 Å². The number of hydrogen-bond donors (Lipinski definition) is 2. The van der Waals surface area contributed by atoms with E-state index in [2.05, 4.69) is 20.0 Å². The van der Waals surface area contributed by atoms with Gasteiger partial charge in [-0.15, -0.1) is 11.3 Å². The SMILES string of the molecule is CC(C)(C(=O)Nc1ccc(-c2cccnc2)cc1)c1csc(N[S+]([O-])C2CCC2)n1. The van der Waals surface area contributed by atoms with E-state index >= 15 is 0 Å². The minimum Gasteiger partial charge on any atom is -0.593 e. The van der Waals surface area contributed by atoms with Crippen molar-refractivity contribution in [3.63, 3.8) is 0 Å². The molecule has 2 heterocycles. The Kier molecular flexibility index (Phi) is 6.08. The molecule has 1 atom stereocenters. The quantitative estimate of drug-likeness (QED) is 0.518. The summed E-state index contributed by atoms with van der Waals surface area (Å²) in [4.78, 5) is 21.6. The molecule has 4 rings (SSSR count). The number of hydrogen-bond acceptors (Lipinski definition) is 6. The third-order valence-corrected chi connectivity index (χ3v) is 7.75. The highest BCUT2D eigenvalue weighted by molar-refractivity contribution is 7.93. The van der Waals surface area contributed by atoms with E-state index in [1.807, 2.05) is 61.8 Å². The van der Waals surface area contributed by atoms with Crippen LogP contribution in [0.1, 0.15) is 38.8 Å². The molecule has 1 unspecified atom stereocenters. The fourth-order valence-electron chi connectivity index (χ4n) is 3.05. The Hall–Kier alpha value is -2.42. The van der Waals surface area contributed by atoms with Crippen LogP contribution in [0.4, 0.5) is 10.8 Å². The minimum atomic E-state index is -1.11. The van der Waals surface area contributed by atoms with Gasteiger partial charge in [0.15, 0.2) is 0 Å². The van der Waals surface area contributed by atoms with Gasteiger partial charge in [-0.05, 0) is 62.4 Å². The van der Waals surface area contributed by atoms with E-state index in [4.69, 9.17) is 0 Å². The van der Waals surface area contributed by atoms with Crippen molar-refractivity contribution >= 4 is 39.4 Å². The third-order valence-electron chi connectivity index (χ3n) is 5.39. The van der Waals surface area contributed by atoms with Gasteiger partial charge in [-0.3, -0.25) is 9.78 Å². The highest BCUT2D eigenvalue weighted by Crippen LogP contribution is 2.32. The Morgan fingerprint density at radius 2 is 1.97 bits per heavy atom. The summed E-state index contributed by atoms with van der Waals surface area (Å²) in [7, 11) is 0.